The van der Waals surface area contributed by atoms with Gasteiger partial charge in [0.25, 0.3) is 11.6 Å². The molecule has 0 spiro atoms. The summed E-state index contributed by atoms with van der Waals surface area (Å²) in [5.74, 6) is -0.383. The van der Waals surface area contributed by atoms with Crippen LogP contribution >= 0.6 is 11.3 Å². The number of methoxy groups -OCH3 is 1. The molecule has 3 rings (SSSR count). The maximum absolute atomic E-state index is 12.3. The van der Waals surface area contributed by atoms with Crippen molar-refractivity contribution in [3.8, 4) is 5.75 Å². The van der Waals surface area contributed by atoms with Crippen molar-refractivity contribution in [1.82, 2.24) is 4.57 Å². The topological polar surface area (TPSA) is 113 Å². The monoisotopic (exact) mass is 415 g/mol. The van der Waals surface area contributed by atoms with Crippen LogP contribution < -0.4 is 9.54 Å². The molecule has 0 unspecified atom stereocenters. The summed E-state index contributed by atoms with van der Waals surface area (Å²) in [6, 6.07) is 13.2. The maximum atomic E-state index is 12.3. The quantitative estimate of drug-likeness (QED) is 0.333. The van der Waals surface area contributed by atoms with Gasteiger partial charge in [-0.1, -0.05) is 29.5 Å². The van der Waals surface area contributed by atoms with Crippen molar-refractivity contribution in [2.24, 2.45) is 4.99 Å². The molecule has 0 aliphatic carbocycles. The van der Waals surface area contributed by atoms with Crippen LogP contribution in [0.5, 0.6) is 5.75 Å². The number of ether oxygens (including phenoxy) is 2. The number of rotatable bonds is 7. The van der Waals surface area contributed by atoms with Gasteiger partial charge in [0, 0.05) is 18.7 Å². The number of carbonyl (C=O) groups is 2. The van der Waals surface area contributed by atoms with E-state index in [0.717, 1.165) is 11.3 Å². The first-order valence-corrected chi connectivity index (χ1v) is 9.39. The van der Waals surface area contributed by atoms with Crippen LogP contribution in [0.2, 0.25) is 0 Å². The number of nitrogens with zero attached hydrogens (tertiary/aromatic N) is 3. The molecule has 0 radical (unpaired) electrons. The molecule has 2 aromatic carbocycles. The van der Waals surface area contributed by atoms with Gasteiger partial charge in [-0.15, -0.1) is 0 Å². The van der Waals surface area contributed by atoms with Gasteiger partial charge in [-0.25, -0.2) is 0 Å². The Morgan fingerprint density at radius 2 is 1.97 bits per heavy atom. The molecule has 0 aliphatic rings. The maximum Gasteiger partial charge on any atom is 0.307 e. The minimum atomic E-state index is -0.512. The Morgan fingerprint density at radius 3 is 2.66 bits per heavy atom. The van der Waals surface area contributed by atoms with E-state index >= 15 is 0 Å². The van der Waals surface area contributed by atoms with Gasteiger partial charge >= 0.3 is 5.97 Å². The lowest BCUT2D eigenvalue weighted by Crippen LogP contribution is -2.21. The Bertz CT molecular complexity index is 1120. The second-order valence-electron chi connectivity index (χ2n) is 5.88. The zero-order valence-corrected chi connectivity index (χ0v) is 16.3. The number of thiazole rings is 1. The molecule has 0 atom stereocenters. The van der Waals surface area contributed by atoms with Gasteiger partial charge in [-0.05, 0) is 18.2 Å². The lowest BCUT2D eigenvalue weighted by atomic mass is 10.3. The SMILES string of the molecule is COC(=O)CCn1c(=NC(=O)COc2ccccc2)sc2cc([N+](=O)[O-])ccc21. The molecule has 3 aromatic rings. The van der Waals surface area contributed by atoms with Crippen molar-refractivity contribution in [2.45, 2.75) is 13.0 Å². The average molecular weight is 415 g/mol. The van der Waals surface area contributed by atoms with Crippen molar-refractivity contribution in [2.75, 3.05) is 13.7 Å². The highest BCUT2D eigenvalue weighted by Crippen LogP contribution is 2.23. The van der Waals surface area contributed by atoms with Crippen LogP contribution in [0, 0.1) is 10.1 Å². The molecule has 0 saturated carbocycles. The smallest absolute Gasteiger partial charge is 0.307 e. The molecule has 0 saturated heterocycles. The first kappa shape index (κ1) is 20.2. The van der Waals surface area contributed by atoms with E-state index in [1.807, 2.05) is 6.07 Å². The summed E-state index contributed by atoms with van der Waals surface area (Å²) < 4.78 is 12.3. The van der Waals surface area contributed by atoms with Crippen LogP contribution in [0.1, 0.15) is 6.42 Å². The van der Waals surface area contributed by atoms with Gasteiger partial charge in [-0.2, -0.15) is 4.99 Å². The third kappa shape index (κ3) is 5.05. The number of aryl methyl sites for hydroxylation is 1. The Kier molecular flexibility index (Phi) is 6.35. The first-order valence-electron chi connectivity index (χ1n) is 8.58. The number of fused-ring (bicyclic) bond motifs is 1. The molecule has 1 heterocycles. The number of nitro benzene ring substituents is 1. The predicted molar refractivity (Wildman–Crippen MR) is 106 cm³/mol. The first-order chi connectivity index (χ1) is 14.0. The van der Waals surface area contributed by atoms with Crippen molar-refractivity contribution in [1.29, 1.82) is 0 Å². The highest BCUT2D eigenvalue weighted by molar-refractivity contribution is 7.16. The molecule has 9 nitrogen and oxygen atoms in total. The van der Waals surface area contributed by atoms with Gasteiger partial charge in [-0.3, -0.25) is 19.7 Å². The number of esters is 1. The van der Waals surface area contributed by atoms with Crippen LogP contribution in [0.3, 0.4) is 0 Å². The van der Waals surface area contributed by atoms with E-state index in [4.69, 9.17) is 4.74 Å². The van der Waals surface area contributed by atoms with E-state index in [1.54, 1.807) is 34.9 Å². The molecule has 0 aliphatic heterocycles. The van der Waals surface area contributed by atoms with Gasteiger partial charge < -0.3 is 14.0 Å². The highest BCUT2D eigenvalue weighted by Gasteiger charge is 2.14. The summed E-state index contributed by atoms with van der Waals surface area (Å²) in [5.41, 5.74) is 0.573. The predicted octanol–water partition coefficient (Wildman–Crippen LogP) is 2.68. The summed E-state index contributed by atoms with van der Waals surface area (Å²) in [4.78, 5) is 38.8. The lowest BCUT2D eigenvalue weighted by molar-refractivity contribution is -0.384. The molecule has 0 N–H and O–H groups in total. The number of para-hydroxylation sites is 1. The molecule has 0 bridgehead atoms. The molecule has 0 fully saturated rings. The molecule has 10 heteroatoms. The number of carbonyl (C=O) groups excluding carboxylic acids is 2. The van der Waals surface area contributed by atoms with E-state index in [1.165, 1.54) is 19.2 Å². The molecular formula is C19H17N3O6S. The van der Waals surface area contributed by atoms with E-state index in [9.17, 15) is 19.7 Å². The minimum Gasteiger partial charge on any atom is -0.484 e. The number of hydrogen-bond acceptors (Lipinski definition) is 7. The van der Waals surface area contributed by atoms with Gasteiger partial charge in [0.1, 0.15) is 5.75 Å². The minimum absolute atomic E-state index is 0.0656. The van der Waals surface area contributed by atoms with E-state index < -0.39 is 16.8 Å². The number of amides is 1. The number of nitro groups is 1. The molecular weight excluding hydrogens is 398 g/mol. The van der Waals surface area contributed by atoms with Gasteiger partial charge in [0.15, 0.2) is 11.4 Å². The Balaban J connectivity index is 1.92. The highest BCUT2D eigenvalue weighted by atomic mass is 32.1. The number of non-ortho nitro benzene ring substituents is 1. The van der Waals surface area contributed by atoms with Crippen LogP contribution in [0.25, 0.3) is 10.2 Å². The standard InChI is InChI=1S/C19H17N3O6S/c1-27-18(24)9-10-21-15-8-7-13(22(25)26)11-16(15)29-19(21)20-17(23)12-28-14-5-3-2-4-6-14/h2-8,11H,9-10,12H2,1H3. The largest absolute Gasteiger partial charge is 0.484 e. The van der Waals surface area contributed by atoms with Crippen LogP contribution in [0.4, 0.5) is 5.69 Å². The third-order valence-electron chi connectivity index (χ3n) is 3.97. The number of benzene rings is 2. The zero-order chi connectivity index (χ0) is 20.8. The summed E-state index contributed by atoms with van der Waals surface area (Å²) in [7, 11) is 1.29. The molecule has 150 valence electrons. The normalized spacial score (nSPS) is 11.4. The Morgan fingerprint density at radius 1 is 1.21 bits per heavy atom. The third-order valence-corrected chi connectivity index (χ3v) is 5.01. The summed E-state index contributed by atoms with van der Waals surface area (Å²) in [6.07, 6.45) is 0.0706. The fourth-order valence-electron chi connectivity index (χ4n) is 2.58. The van der Waals surface area contributed by atoms with Crippen LogP contribution in [-0.2, 0) is 20.9 Å². The fourth-order valence-corrected chi connectivity index (χ4v) is 3.69. The fraction of sp³-hybridized carbons (Fsp3) is 0.211. The van der Waals surface area contributed by atoms with E-state index in [2.05, 4.69) is 9.73 Å². The van der Waals surface area contributed by atoms with Crippen molar-refractivity contribution < 1.29 is 24.0 Å². The summed E-state index contributed by atoms with van der Waals surface area (Å²) in [5, 5.41) is 11.0. The second-order valence-corrected chi connectivity index (χ2v) is 6.89. The Labute approximate surface area is 169 Å². The average Bonchev–Trinajstić information content (AvgIpc) is 3.07. The van der Waals surface area contributed by atoms with Crippen LogP contribution in [0.15, 0.2) is 53.5 Å². The Hall–Kier alpha value is -3.53. The van der Waals surface area contributed by atoms with Gasteiger partial charge in [0.05, 0.1) is 28.7 Å². The number of hydrogen-bond donors (Lipinski definition) is 0. The summed E-state index contributed by atoms with van der Waals surface area (Å²) in [6.45, 7) is -0.0362. The van der Waals surface area contributed by atoms with Gasteiger partial charge in [0.2, 0.25) is 0 Å². The second kappa shape index (κ2) is 9.11. The van der Waals surface area contributed by atoms with Crippen LogP contribution in [-0.4, -0.2) is 35.1 Å². The lowest BCUT2D eigenvalue weighted by Gasteiger charge is -2.05. The number of aromatic nitrogens is 1. The summed E-state index contributed by atoms with van der Waals surface area (Å²) >= 11 is 1.13. The van der Waals surface area contributed by atoms with Crippen molar-refractivity contribution >= 4 is 39.1 Å². The molecule has 29 heavy (non-hydrogen) atoms. The molecule has 1 amide bonds. The van der Waals surface area contributed by atoms with Crippen molar-refractivity contribution in [3.63, 3.8) is 0 Å². The van der Waals surface area contributed by atoms with Crippen molar-refractivity contribution in [3.05, 3.63) is 63.4 Å². The van der Waals surface area contributed by atoms with E-state index in [-0.39, 0.29) is 25.3 Å². The van der Waals surface area contributed by atoms with E-state index in [0.29, 0.717) is 20.8 Å². The molecule has 1 aromatic heterocycles. The zero-order valence-electron chi connectivity index (χ0n) is 15.4.